The zero-order valence-electron chi connectivity index (χ0n) is 30.2. The first-order valence-corrected chi connectivity index (χ1v) is 17.3. The fraction of sp³-hybridized carbons (Fsp3) is 0.422. The summed E-state index contributed by atoms with van der Waals surface area (Å²) in [5.41, 5.74) is 34.2. The Morgan fingerprint density at radius 1 is 0.533 bits per heavy atom. The van der Waals surface area contributed by atoms with E-state index in [0.29, 0.717) is 23.7 Å². The number of rotatable bonds is 3. The second-order valence-corrected chi connectivity index (χ2v) is 15.4. The summed E-state index contributed by atoms with van der Waals surface area (Å²) in [6.07, 6.45) is 2.07. The number of hydrogen-bond acceptors (Lipinski definition) is 0. The first-order chi connectivity index (χ1) is 21.1. The second-order valence-electron chi connectivity index (χ2n) is 15.4. The van der Waals surface area contributed by atoms with Crippen molar-refractivity contribution in [2.45, 2.75) is 115 Å². The highest BCUT2D eigenvalue weighted by atomic mass is 14.5. The van der Waals surface area contributed by atoms with Gasteiger partial charge in [-0.2, -0.15) is 0 Å². The highest BCUT2D eigenvalue weighted by Gasteiger charge is 2.45. The van der Waals surface area contributed by atoms with Crippen molar-refractivity contribution < 1.29 is 0 Å². The van der Waals surface area contributed by atoms with E-state index in [-0.39, 0.29) is 0 Å². The molecular weight excluding hydrogens is 540 g/mol. The molecule has 0 N–H and O–H groups in total. The van der Waals surface area contributed by atoms with Crippen LogP contribution < -0.4 is 0 Å². The largest absolute Gasteiger partial charge is 0.0946 e. The van der Waals surface area contributed by atoms with Crippen molar-refractivity contribution in [1.82, 2.24) is 0 Å². The zero-order chi connectivity index (χ0) is 32.7. The Labute approximate surface area is 273 Å². The molecule has 0 amide bonds. The van der Waals surface area contributed by atoms with E-state index in [0.717, 1.165) is 12.8 Å². The normalized spacial score (nSPS) is 28.2. The molecule has 0 fully saturated rings. The highest BCUT2D eigenvalue weighted by Crippen LogP contribution is 2.61. The number of benzene rings is 1. The van der Waals surface area contributed by atoms with Crippen LogP contribution in [0.15, 0.2) is 108 Å². The van der Waals surface area contributed by atoms with E-state index in [1.807, 2.05) is 0 Å². The minimum Gasteiger partial charge on any atom is -0.0946 e. The molecule has 0 heterocycles. The highest BCUT2D eigenvalue weighted by molar-refractivity contribution is 5.89. The van der Waals surface area contributed by atoms with Gasteiger partial charge in [-0.3, -0.25) is 0 Å². The van der Waals surface area contributed by atoms with Gasteiger partial charge in [-0.1, -0.05) is 52.0 Å². The smallest absolute Gasteiger partial charge is 0.00756 e. The number of fused-ring (bicyclic) bond motifs is 3. The quantitative estimate of drug-likeness (QED) is 0.327. The summed E-state index contributed by atoms with van der Waals surface area (Å²) in [6, 6.07) is 2.56. The summed E-state index contributed by atoms with van der Waals surface area (Å²) >= 11 is 0. The second kappa shape index (κ2) is 9.81. The molecule has 0 spiro atoms. The van der Waals surface area contributed by atoms with Crippen LogP contribution in [0.5, 0.6) is 0 Å². The summed E-state index contributed by atoms with van der Waals surface area (Å²) in [6.45, 7) is 40.3. The van der Waals surface area contributed by atoms with Crippen LogP contribution in [0.3, 0.4) is 0 Å². The van der Waals surface area contributed by atoms with Crippen molar-refractivity contribution in [1.29, 1.82) is 0 Å². The van der Waals surface area contributed by atoms with Crippen LogP contribution in [-0.2, 0) is 0 Å². The summed E-state index contributed by atoms with van der Waals surface area (Å²) < 4.78 is 0. The molecule has 45 heavy (non-hydrogen) atoms. The van der Waals surface area contributed by atoms with Crippen LogP contribution in [0.2, 0.25) is 0 Å². The Bertz CT molecular complexity index is 1980. The fourth-order valence-electron chi connectivity index (χ4n) is 10.3. The molecular formula is C45H52. The molecule has 0 heteroatoms. The lowest BCUT2D eigenvalue weighted by Crippen LogP contribution is -2.07. The van der Waals surface area contributed by atoms with Gasteiger partial charge in [0.05, 0.1) is 0 Å². The number of hydrogen-bond donors (Lipinski definition) is 0. The van der Waals surface area contributed by atoms with E-state index >= 15 is 0 Å². The maximum Gasteiger partial charge on any atom is 0.00756 e. The van der Waals surface area contributed by atoms with Crippen molar-refractivity contribution in [2.75, 3.05) is 0 Å². The maximum absolute atomic E-state index is 4.78. The van der Waals surface area contributed by atoms with E-state index in [9.17, 15) is 0 Å². The molecule has 7 rings (SSSR count). The summed E-state index contributed by atoms with van der Waals surface area (Å²) in [5.74, 6) is 1.55. The monoisotopic (exact) mass is 592 g/mol. The Hall–Kier alpha value is -3.38. The van der Waals surface area contributed by atoms with Gasteiger partial charge in [0.25, 0.3) is 0 Å². The van der Waals surface area contributed by atoms with Gasteiger partial charge >= 0.3 is 0 Å². The third-order valence-corrected chi connectivity index (χ3v) is 13.7. The minimum absolute atomic E-state index is 0.307. The SMILES string of the molecule is C=C1C2=C(C3=C(C)C(C)=C(C4=C(C)c5cc6c(c(C)c5C4C)C(C)=C(C)C6C)C3)C(C)C(=C)C2=C(C2=C(C)C(C)=C(C)C2)C1C. The van der Waals surface area contributed by atoms with Gasteiger partial charge in [-0.15, -0.1) is 0 Å². The molecule has 0 aromatic heterocycles. The molecule has 232 valence electrons. The summed E-state index contributed by atoms with van der Waals surface area (Å²) in [4.78, 5) is 0. The van der Waals surface area contributed by atoms with Crippen molar-refractivity contribution in [3.63, 3.8) is 0 Å². The predicted molar refractivity (Wildman–Crippen MR) is 195 cm³/mol. The molecule has 0 saturated carbocycles. The molecule has 0 nitrogen and oxygen atoms in total. The van der Waals surface area contributed by atoms with Gasteiger partial charge in [-0.25, -0.2) is 0 Å². The lowest BCUT2D eigenvalue weighted by atomic mass is 9.83. The third-order valence-electron chi connectivity index (χ3n) is 13.7. The van der Waals surface area contributed by atoms with E-state index in [4.69, 9.17) is 13.2 Å². The first kappa shape index (κ1) is 30.3. The molecule has 0 radical (unpaired) electrons. The Balaban J connectivity index is 1.32. The van der Waals surface area contributed by atoms with E-state index < -0.39 is 0 Å². The zero-order valence-corrected chi connectivity index (χ0v) is 30.2. The van der Waals surface area contributed by atoms with Gasteiger partial charge < -0.3 is 0 Å². The predicted octanol–water partition coefficient (Wildman–Crippen LogP) is 12.9. The molecule has 6 aliphatic carbocycles. The van der Waals surface area contributed by atoms with Crippen LogP contribution in [0.25, 0.3) is 11.1 Å². The molecule has 0 bridgehead atoms. The summed E-state index contributed by atoms with van der Waals surface area (Å²) in [7, 11) is 0. The van der Waals surface area contributed by atoms with Crippen LogP contribution in [-0.4, -0.2) is 0 Å². The van der Waals surface area contributed by atoms with Crippen molar-refractivity contribution >= 4 is 11.1 Å². The standard InChI is InChI=1S/C45H52/c1-19-16-34(22(4)20(19)2)42-27(9)29(11)45-43(28(10)30(12)44(42)45)37-17-36(24(6)25(37)7)40-31(13)38-18-35-23(5)21(3)26(8)39(35)32(14)41(38)33(40)15/h18,23,27-28,33H,11-12,16-17H2,1-10,13-15H3. The Kier molecular flexibility index (Phi) is 6.60. The van der Waals surface area contributed by atoms with Crippen LogP contribution in [0.4, 0.5) is 0 Å². The van der Waals surface area contributed by atoms with Gasteiger partial charge in [0.15, 0.2) is 0 Å². The molecule has 0 saturated heterocycles. The van der Waals surface area contributed by atoms with E-state index in [2.05, 4.69) is 96.1 Å². The van der Waals surface area contributed by atoms with Crippen molar-refractivity contribution in [3.05, 3.63) is 136 Å². The minimum atomic E-state index is 0.307. The third kappa shape index (κ3) is 3.66. The van der Waals surface area contributed by atoms with E-state index in [1.165, 1.54) is 111 Å². The lowest BCUT2D eigenvalue weighted by Gasteiger charge is -2.21. The lowest BCUT2D eigenvalue weighted by molar-refractivity contribution is 0.802. The van der Waals surface area contributed by atoms with Crippen LogP contribution in [0, 0.1) is 18.8 Å². The molecule has 6 aliphatic rings. The average Bonchev–Trinajstić information content (AvgIpc) is 3.73. The van der Waals surface area contributed by atoms with Crippen LogP contribution in [0.1, 0.15) is 136 Å². The van der Waals surface area contributed by atoms with Crippen molar-refractivity contribution in [2.24, 2.45) is 11.8 Å². The van der Waals surface area contributed by atoms with Crippen molar-refractivity contribution in [3.8, 4) is 0 Å². The number of allylic oxidation sites excluding steroid dienone is 18. The van der Waals surface area contributed by atoms with Crippen LogP contribution >= 0.6 is 0 Å². The van der Waals surface area contributed by atoms with Gasteiger partial charge in [0, 0.05) is 23.7 Å². The van der Waals surface area contributed by atoms with Gasteiger partial charge in [0.1, 0.15) is 0 Å². The van der Waals surface area contributed by atoms with Gasteiger partial charge in [-0.05, 0) is 198 Å². The maximum atomic E-state index is 4.78. The Morgan fingerprint density at radius 2 is 1.02 bits per heavy atom. The molecule has 0 aliphatic heterocycles. The molecule has 1 aromatic carbocycles. The molecule has 1 aromatic rings. The Morgan fingerprint density at radius 3 is 1.53 bits per heavy atom. The average molecular weight is 593 g/mol. The van der Waals surface area contributed by atoms with Gasteiger partial charge in [0.2, 0.25) is 0 Å². The van der Waals surface area contributed by atoms with E-state index in [1.54, 1.807) is 16.7 Å². The first-order valence-electron chi connectivity index (χ1n) is 17.3. The fourth-order valence-corrected chi connectivity index (χ4v) is 10.3. The summed E-state index contributed by atoms with van der Waals surface area (Å²) in [5, 5.41) is 0. The topological polar surface area (TPSA) is 0 Å². The molecule has 4 atom stereocenters. The molecule has 4 unspecified atom stereocenters.